The Morgan fingerprint density at radius 1 is 1.50 bits per heavy atom. The van der Waals surface area contributed by atoms with Crippen molar-refractivity contribution in [2.45, 2.75) is 23.8 Å². The summed E-state index contributed by atoms with van der Waals surface area (Å²) < 4.78 is 26.6. The zero-order valence-electron chi connectivity index (χ0n) is 11.1. The van der Waals surface area contributed by atoms with Crippen molar-refractivity contribution in [3.63, 3.8) is 0 Å². The van der Waals surface area contributed by atoms with Crippen molar-refractivity contribution in [3.8, 4) is 6.07 Å². The molecule has 1 aromatic rings. The molecular weight excluding hydrogens is 298 g/mol. The van der Waals surface area contributed by atoms with Crippen molar-refractivity contribution in [2.24, 2.45) is 0 Å². The molecule has 1 saturated heterocycles. The van der Waals surface area contributed by atoms with Gasteiger partial charge in [0.15, 0.2) is 0 Å². The lowest BCUT2D eigenvalue weighted by Crippen LogP contribution is -2.46. The van der Waals surface area contributed by atoms with Crippen LogP contribution in [0.15, 0.2) is 23.1 Å². The van der Waals surface area contributed by atoms with Gasteiger partial charge in [0.25, 0.3) is 0 Å². The van der Waals surface area contributed by atoms with Gasteiger partial charge < -0.3 is 5.32 Å². The molecule has 108 valence electrons. The number of halogens is 1. The van der Waals surface area contributed by atoms with E-state index >= 15 is 0 Å². The van der Waals surface area contributed by atoms with E-state index in [0.717, 1.165) is 12.8 Å². The minimum Gasteiger partial charge on any atom is -0.316 e. The first kappa shape index (κ1) is 15.3. The zero-order valence-corrected chi connectivity index (χ0v) is 12.7. The van der Waals surface area contributed by atoms with Crippen molar-refractivity contribution < 1.29 is 8.42 Å². The van der Waals surface area contributed by atoms with Crippen LogP contribution < -0.4 is 5.32 Å². The van der Waals surface area contributed by atoms with E-state index < -0.39 is 10.0 Å². The lowest BCUT2D eigenvalue weighted by molar-refractivity contribution is 0.293. The third kappa shape index (κ3) is 2.96. The Balaban J connectivity index is 2.33. The highest BCUT2D eigenvalue weighted by Gasteiger charge is 2.30. The van der Waals surface area contributed by atoms with Gasteiger partial charge in [-0.3, -0.25) is 0 Å². The van der Waals surface area contributed by atoms with Crippen molar-refractivity contribution >= 4 is 21.6 Å². The first-order valence-electron chi connectivity index (χ1n) is 6.36. The Morgan fingerprint density at radius 3 is 2.90 bits per heavy atom. The second kappa shape index (κ2) is 6.10. The van der Waals surface area contributed by atoms with Crippen molar-refractivity contribution in [3.05, 3.63) is 28.8 Å². The van der Waals surface area contributed by atoms with Crippen molar-refractivity contribution in [2.75, 3.05) is 20.1 Å². The largest absolute Gasteiger partial charge is 0.316 e. The molecular formula is C13H16ClN3O2S. The van der Waals surface area contributed by atoms with Gasteiger partial charge in [0.2, 0.25) is 10.0 Å². The van der Waals surface area contributed by atoms with Gasteiger partial charge in [0.05, 0.1) is 15.5 Å². The van der Waals surface area contributed by atoms with E-state index in [9.17, 15) is 8.42 Å². The predicted octanol–water partition coefficient (Wildman–Crippen LogP) is 1.58. The molecule has 1 fully saturated rings. The molecule has 1 heterocycles. The van der Waals surface area contributed by atoms with Crippen LogP contribution in [0.3, 0.4) is 0 Å². The van der Waals surface area contributed by atoms with E-state index in [1.165, 1.54) is 22.5 Å². The summed E-state index contributed by atoms with van der Waals surface area (Å²) in [7, 11) is -1.74. The summed E-state index contributed by atoms with van der Waals surface area (Å²) in [6.07, 6.45) is 1.79. The van der Waals surface area contributed by atoms with Gasteiger partial charge in [0, 0.05) is 19.1 Å². The second-order valence-corrected chi connectivity index (χ2v) is 7.09. The predicted molar refractivity (Wildman–Crippen MR) is 77.0 cm³/mol. The maximum absolute atomic E-state index is 12.6. The van der Waals surface area contributed by atoms with Gasteiger partial charge in [-0.25, -0.2) is 8.42 Å². The molecule has 1 aromatic carbocycles. The van der Waals surface area contributed by atoms with Crippen LogP contribution in [0.4, 0.5) is 0 Å². The Kier molecular flexibility index (Phi) is 4.66. The molecule has 1 aliphatic heterocycles. The Labute approximate surface area is 124 Å². The number of nitriles is 1. The molecule has 1 N–H and O–H groups in total. The standard InChI is InChI=1S/C13H16ClN3O2S/c1-16-11-3-2-6-17(9-11)20(18,19)12-4-5-13(14)10(7-12)8-15/h4-5,7,11,16H,2-3,6,9H2,1H3. The van der Waals surface area contributed by atoms with Crippen LogP contribution >= 0.6 is 11.6 Å². The third-order valence-electron chi connectivity index (χ3n) is 3.49. The van der Waals surface area contributed by atoms with E-state index in [-0.39, 0.29) is 21.5 Å². The minimum absolute atomic E-state index is 0.121. The van der Waals surface area contributed by atoms with E-state index in [2.05, 4.69) is 5.32 Å². The molecule has 0 aliphatic carbocycles. The summed E-state index contributed by atoms with van der Waals surface area (Å²) in [5.74, 6) is 0. The number of nitrogens with one attached hydrogen (secondary N) is 1. The van der Waals surface area contributed by atoms with Gasteiger partial charge >= 0.3 is 0 Å². The normalized spacial score (nSPS) is 20.6. The number of sulfonamides is 1. The topological polar surface area (TPSA) is 73.2 Å². The fourth-order valence-corrected chi connectivity index (χ4v) is 4.01. The van der Waals surface area contributed by atoms with E-state index in [0.29, 0.717) is 13.1 Å². The highest BCUT2D eigenvalue weighted by atomic mass is 35.5. The summed E-state index contributed by atoms with van der Waals surface area (Å²) in [4.78, 5) is 0.121. The summed E-state index contributed by atoms with van der Waals surface area (Å²) in [6.45, 7) is 0.953. The van der Waals surface area contributed by atoms with Crippen LogP contribution in [0, 0.1) is 11.3 Å². The summed E-state index contributed by atoms with van der Waals surface area (Å²) in [5, 5.41) is 12.3. The van der Waals surface area contributed by atoms with Crippen LogP contribution in [0.5, 0.6) is 0 Å². The summed E-state index contributed by atoms with van der Waals surface area (Å²) in [5.41, 5.74) is 0.176. The summed E-state index contributed by atoms with van der Waals surface area (Å²) >= 11 is 5.84. The number of benzene rings is 1. The maximum atomic E-state index is 12.6. The molecule has 1 aliphatic rings. The van der Waals surface area contributed by atoms with Crippen molar-refractivity contribution in [1.29, 1.82) is 5.26 Å². The number of piperidine rings is 1. The fraction of sp³-hybridized carbons (Fsp3) is 0.462. The van der Waals surface area contributed by atoms with E-state index in [1.807, 2.05) is 13.1 Å². The Bertz CT molecular complexity index is 640. The van der Waals surface area contributed by atoms with E-state index in [4.69, 9.17) is 16.9 Å². The van der Waals surface area contributed by atoms with Gasteiger partial charge in [0.1, 0.15) is 6.07 Å². The average Bonchev–Trinajstić information content (AvgIpc) is 2.47. The van der Waals surface area contributed by atoms with E-state index in [1.54, 1.807) is 0 Å². The molecule has 0 spiro atoms. The van der Waals surface area contributed by atoms with Crippen LogP contribution in [-0.2, 0) is 10.0 Å². The molecule has 1 unspecified atom stereocenters. The first-order chi connectivity index (χ1) is 9.48. The fourth-order valence-electron chi connectivity index (χ4n) is 2.30. The maximum Gasteiger partial charge on any atom is 0.243 e. The van der Waals surface area contributed by atoms with Crippen LogP contribution in [-0.4, -0.2) is 38.9 Å². The quantitative estimate of drug-likeness (QED) is 0.919. The average molecular weight is 314 g/mol. The molecule has 20 heavy (non-hydrogen) atoms. The highest BCUT2D eigenvalue weighted by Crippen LogP contribution is 2.24. The molecule has 7 heteroatoms. The number of nitrogens with zero attached hydrogens (tertiary/aromatic N) is 2. The molecule has 0 saturated carbocycles. The molecule has 0 aromatic heterocycles. The van der Waals surface area contributed by atoms with Gasteiger partial charge in [-0.1, -0.05) is 11.6 Å². The minimum atomic E-state index is -3.57. The highest BCUT2D eigenvalue weighted by molar-refractivity contribution is 7.89. The molecule has 5 nitrogen and oxygen atoms in total. The number of hydrogen-bond donors (Lipinski definition) is 1. The Hall–Kier alpha value is -1.13. The number of rotatable bonds is 3. The van der Waals surface area contributed by atoms with Crippen LogP contribution in [0.1, 0.15) is 18.4 Å². The van der Waals surface area contributed by atoms with Crippen LogP contribution in [0.25, 0.3) is 0 Å². The molecule has 0 bridgehead atoms. The van der Waals surface area contributed by atoms with Gasteiger partial charge in [-0.05, 0) is 38.1 Å². The number of likely N-dealkylation sites (N-methyl/N-ethyl adjacent to an activating group) is 1. The SMILES string of the molecule is CNC1CCCN(S(=O)(=O)c2ccc(Cl)c(C#N)c2)C1. The van der Waals surface area contributed by atoms with Gasteiger partial charge in [-0.2, -0.15) is 9.57 Å². The van der Waals surface area contributed by atoms with Crippen LogP contribution in [0.2, 0.25) is 5.02 Å². The first-order valence-corrected chi connectivity index (χ1v) is 8.18. The summed E-state index contributed by atoms with van der Waals surface area (Å²) in [6, 6.07) is 6.30. The lowest BCUT2D eigenvalue weighted by atomic mass is 10.1. The lowest BCUT2D eigenvalue weighted by Gasteiger charge is -2.31. The zero-order chi connectivity index (χ0) is 14.8. The van der Waals surface area contributed by atoms with Crippen molar-refractivity contribution in [1.82, 2.24) is 9.62 Å². The monoisotopic (exact) mass is 313 g/mol. The smallest absolute Gasteiger partial charge is 0.243 e. The second-order valence-electron chi connectivity index (χ2n) is 4.74. The number of hydrogen-bond acceptors (Lipinski definition) is 4. The molecule has 0 amide bonds. The third-order valence-corrected chi connectivity index (χ3v) is 5.68. The molecule has 1 atom stereocenters. The van der Waals surface area contributed by atoms with Gasteiger partial charge in [-0.15, -0.1) is 0 Å². The molecule has 2 rings (SSSR count). The Morgan fingerprint density at radius 2 is 2.25 bits per heavy atom. The molecule has 0 radical (unpaired) electrons.